The van der Waals surface area contributed by atoms with Crippen LogP contribution in [0.1, 0.15) is 56.4 Å². The number of nitrogens with one attached hydrogen (secondary N) is 4. The highest BCUT2D eigenvalue weighted by molar-refractivity contribution is 6.04. The van der Waals surface area contributed by atoms with Gasteiger partial charge >= 0.3 is 11.9 Å². The zero-order valence-electron chi connectivity index (χ0n) is 22.7. The lowest BCUT2D eigenvalue weighted by atomic mass is 10.0. The normalized spacial score (nSPS) is 14.6. The molecule has 220 valence electrons. The van der Waals surface area contributed by atoms with Crippen molar-refractivity contribution in [1.82, 2.24) is 10.8 Å². The SMILES string of the molecule is NC1=NC(N)c2cc(CNc3ccc(CONC(CCCNC(=O)c4ccccc4C(=O)O)C(=O)O)cc3)ccc2N1. The van der Waals surface area contributed by atoms with Crippen LogP contribution in [0.3, 0.4) is 0 Å². The number of anilines is 2. The van der Waals surface area contributed by atoms with Gasteiger partial charge in [0.05, 0.1) is 17.7 Å². The largest absolute Gasteiger partial charge is 0.480 e. The average Bonchev–Trinajstić information content (AvgIpc) is 2.97. The first-order chi connectivity index (χ1) is 20.2. The van der Waals surface area contributed by atoms with Crippen LogP contribution in [0.4, 0.5) is 11.4 Å². The second kappa shape index (κ2) is 14.1. The molecule has 4 rings (SSSR count). The van der Waals surface area contributed by atoms with Crippen LogP contribution in [0.15, 0.2) is 71.7 Å². The summed E-state index contributed by atoms with van der Waals surface area (Å²) in [5, 5.41) is 27.7. The Kier molecular flexibility index (Phi) is 10.1. The first-order valence-corrected chi connectivity index (χ1v) is 13.2. The number of hydrogen-bond donors (Lipinski definition) is 8. The topological polar surface area (TPSA) is 213 Å². The monoisotopic (exact) mass is 575 g/mol. The van der Waals surface area contributed by atoms with Gasteiger partial charge in [0.1, 0.15) is 12.2 Å². The van der Waals surface area contributed by atoms with E-state index in [2.05, 4.69) is 26.4 Å². The highest BCUT2D eigenvalue weighted by Gasteiger charge is 2.19. The number of benzene rings is 3. The van der Waals surface area contributed by atoms with Gasteiger partial charge in [0.25, 0.3) is 5.91 Å². The van der Waals surface area contributed by atoms with Gasteiger partial charge in [0.15, 0.2) is 5.96 Å². The van der Waals surface area contributed by atoms with Crippen LogP contribution >= 0.6 is 0 Å². The van der Waals surface area contributed by atoms with Crippen LogP contribution in [0.5, 0.6) is 0 Å². The predicted octanol–water partition coefficient (Wildman–Crippen LogP) is 2.38. The molecule has 3 aromatic carbocycles. The summed E-state index contributed by atoms with van der Waals surface area (Å²) < 4.78 is 0. The summed E-state index contributed by atoms with van der Waals surface area (Å²) in [5.74, 6) is -2.53. The number of rotatable bonds is 14. The number of carbonyl (C=O) groups excluding carboxylic acids is 1. The highest BCUT2D eigenvalue weighted by atomic mass is 16.6. The number of carboxylic acid groups (broad SMARTS) is 2. The van der Waals surface area contributed by atoms with Crippen LogP contribution in [0, 0.1) is 0 Å². The number of nitrogens with zero attached hydrogens (tertiary/aromatic N) is 1. The third kappa shape index (κ3) is 8.04. The van der Waals surface area contributed by atoms with Gasteiger partial charge < -0.3 is 37.6 Å². The van der Waals surface area contributed by atoms with E-state index < -0.39 is 30.1 Å². The van der Waals surface area contributed by atoms with Gasteiger partial charge in [0, 0.05) is 30.0 Å². The van der Waals surface area contributed by atoms with E-state index in [9.17, 15) is 24.6 Å². The number of nitrogens with two attached hydrogens (primary N) is 2. The number of hydroxylamine groups is 1. The molecular formula is C29H33N7O6. The maximum Gasteiger partial charge on any atom is 0.336 e. The minimum absolute atomic E-state index is 0.0459. The summed E-state index contributed by atoms with van der Waals surface area (Å²) in [6, 6.07) is 18.3. The number of fused-ring (bicyclic) bond motifs is 1. The van der Waals surface area contributed by atoms with E-state index in [4.69, 9.17) is 16.3 Å². The fraction of sp³-hybridized carbons (Fsp3) is 0.241. The average molecular weight is 576 g/mol. The lowest BCUT2D eigenvalue weighted by Gasteiger charge is -2.21. The molecule has 0 fully saturated rings. The number of amides is 1. The molecule has 0 radical (unpaired) electrons. The summed E-state index contributed by atoms with van der Waals surface area (Å²) in [6.07, 6.45) is 0.00899. The standard InChI is InChI=1S/C29H33N7O6/c30-25-22-14-18(9-12-23(22)34-29(31)35-25)15-33-19-10-7-17(8-11-19)16-42-36-24(28(40)41)6-3-13-32-26(37)20-4-1-2-5-21(20)27(38)39/h1-2,4-5,7-12,14,24-25,33,36H,3,6,13,15-16,30H2,(H,32,37)(H,38,39)(H,40,41)(H3,31,34,35). The molecule has 42 heavy (non-hydrogen) atoms. The zero-order chi connectivity index (χ0) is 30.1. The predicted molar refractivity (Wildman–Crippen MR) is 157 cm³/mol. The zero-order valence-corrected chi connectivity index (χ0v) is 22.7. The van der Waals surface area contributed by atoms with Gasteiger partial charge in [-0.05, 0) is 60.4 Å². The van der Waals surface area contributed by atoms with Crippen molar-refractivity contribution in [3.63, 3.8) is 0 Å². The van der Waals surface area contributed by atoms with Gasteiger partial charge in [-0.25, -0.2) is 9.79 Å². The molecule has 13 nitrogen and oxygen atoms in total. The fourth-order valence-electron chi connectivity index (χ4n) is 4.32. The number of aliphatic imine (C=N–C) groups is 1. The molecular weight excluding hydrogens is 542 g/mol. The van der Waals surface area contributed by atoms with E-state index in [0.29, 0.717) is 18.9 Å². The third-order valence-corrected chi connectivity index (χ3v) is 6.55. The Bertz CT molecular complexity index is 1460. The van der Waals surface area contributed by atoms with Crippen LogP contribution in [0.25, 0.3) is 0 Å². The Morgan fingerprint density at radius 2 is 1.71 bits per heavy atom. The van der Waals surface area contributed by atoms with E-state index in [1.54, 1.807) is 6.07 Å². The van der Waals surface area contributed by atoms with Crippen LogP contribution < -0.4 is 32.9 Å². The van der Waals surface area contributed by atoms with Crippen LogP contribution in [-0.4, -0.2) is 46.6 Å². The van der Waals surface area contributed by atoms with E-state index in [1.807, 2.05) is 42.5 Å². The quantitative estimate of drug-likeness (QED) is 0.103. The Morgan fingerprint density at radius 3 is 2.43 bits per heavy atom. The molecule has 13 heteroatoms. The second-order valence-corrected chi connectivity index (χ2v) is 9.60. The smallest absolute Gasteiger partial charge is 0.336 e. The number of carbonyl (C=O) groups is 3. The summed E-state index contributed by atoms with van der Waals surface area (Å²) in [4.78, 5) is 44.8. The van der Waals surface area contributed by atoms with E-state index in [-0.39, 0.29) is 30.7 Å². The molecule has 1 amide bonds. The number of hydrogen-bond acceptors (Lipinski definition) is 10. The molecule has 1 aliphatic heterocycles. The van der Waals surface area contributed by atoms with Gasteiger partial charge in [-0.15, -0.1) is 0 Å². The minimum Gasteiger partial charge on any atom is -0.480 e. The summed E-state index contributed by atoms with van der Waals surface area (Å²) in [5.41, 5.74) is 18.8. The number of guanidine groups is 1. The summed E-state index contributed by atoms with van der Waals surface area (Å²) in [7, 11) is 0. The molecule has 2 unspecified atom stereocenters. The van der Waals surface area contributed by atoms with Gasteiger partial charge in [-0.3, -0.25) is 14.4 Å². The summed E-state index contributed by atoms with van der Waals surface area (Å²) in [6.45, 7) is 0.889. The number of carboxylic acids is 2. The van der Waals surface area contributed by atoms with Crippen LogP contribution in [-0.2, 0) is 22.8 Å². The van der Waals surface area contributed by atoms with E-state index in [0.717, 1.165) is 28.1 Å². The van der Waals surface area contributed by atoms with Crippen LogP contribution in [0.2, 0.25) is 0 Å². The highest BCUT2D eigenvalue weighted by Crippen LogP contribution is 2.27. The van der Waals surface area contributed by atoms with Crippen molar-refractivity contribution in [2.75, 3.05) is 17.2 Å². The number of aromatic carboxylic acids is 1. The lowest BCUT2D eigenvalue weighted by Crippen LogP contribution is -2.37. The Labute approximate surface area is 241 Å². The third-order valence-electron chi connectivity index (χ3n) is 6.55. The molecule has 3 aromatic rings. The van der Waals surface area contributed by atoms with Crippen molar-refractivity contribution < 1.29 is 29.4 Å². The first kappa shape index (κ1) is 30.0. The van der Waals surface area contributed by atoms with Gasteiger partial charge in [-0.2, -0.15) is 5.48 Å². The maximum absolute atomic E-state index is 12.3. The maximum atomic E-state index is 12.3. The second-order valence-electron chi connectivity index (χ2n) is 9.60. The van der Waals surface area contributed by atoms with Crippen molar-refractivity contribution in [1.29, 1.82) is 0 Å². The molecule has 0 bridgehead atoms. The molecule has 0 spiro atoms. The Balaban J connectivity index is 1.18. The molecule has 2 atom stereocenters. The molecule has 1 heterocycles. The van der Waals surface area contributed by atoms with E-state index in [1.165, 1.54) is 18.2 Å². The molecule has 0 saturated carbocycles. The Morgan fingerprint density at radius 1 is 1.00 bits per heavy atom. The molecule has 0 saturated heterocycles. The molecule has 0 aliphatic carbocycles. The lowest BCUT2D eigenvalue weighted by molar-refractivity contribution is -0.144. The summed E-state index contributed by atoms with van der Waals surface area (Å²) >= 11 is 0. The molecule has 10 N–H and O–H groups in total. The van der Waals surface area contributed by atoms with Crippen molar-refractivity contribution >= 4 is 35.2 Å². The minimum atomic E-state index is -1.20. The number of aliphatic carboxylic acids is 1. The van der Waals surface area contributed by atoms with E-state index >= 15 is 0 Å². The van der Waals surface area contributed by atoms with Crippen molar-refractivity contribution in [2.45, 2.75) is 38.2 Å². The van der Waals surface area contributed by atoms with Crippen molar-refractivity contribution in [2.24, 2.45) is 16.5 Å². The molecule has 0 aromatic heterocycles. The van der Waals surface area contributed by atoms with Gasteiger partial charge in [-0.1, -0.05) is 30.3 Å². The van der Waals surface area contributed by atoms with Crippen molar-refractivity contribution in [3.05, 3.63) is 94.5 Å². The molecule has 1 aliphatic rings. The van der Waals surface area contributed by atoms with Crippen molar-refractivity contribution in [3.8, 4) is 0 Å². The Hall–Kier alpha value is -4.98. The van der Waals surface area contributed by atoms with Gasteiger partial charge in [0.2, 0.25) is 0 Å². The first-order valence-electron chi connectivity index (χ1n) is 13.2. The fourth-order valence-corrected chi connectivity index (χ4v) is 4.32.